The summed E-state index contributed by atoms with van der Waals surface area (Å²) in [5.74, 6) is 0.970. The third-order valence-electron chi connectivity index (χ3n) is 2.68. The summed E-state index contributed by atoms with van der Waals surface area (Å²) in [5, 5.41) is 0. The fourth-order valence-electron chi connectivity index (χ4n) is 1.67. The Morgan fingerprint density at radius 1 is 1.38 bits per heavy atom. The third kappa shape index (κ3) is 3.89. The van der Waals surface area contributed by atoms with E-state index < -0.39 is 0 Å². The molecule has 88 valence electrons. The molecule has 1 nitrogen and oxygen atoms in total. The summed E-state index contributed by atoms with van der Waals surface area (Å²) in [6.07, 6.45) is 2.81. The first kappa shape index (κ1) is 13.7. The molecule has 0 fully saturated rings. The summed E-state index contributed by atoms with van der Waals surface area (Å²) in [6, 6.07) is 5.95. The first-order chi connectivity index (χ1) is 7.52. The zero-order chi connectivity index (χ0) is 12.1. The van der Waals surface area contributed by atoms with Crippen molar-refractivity contribution in [2.75, 3.05) is 0 Å². The van der Waals surface area contributed by atoms with E-state index in [1.54, 1.807) is 0 Å². The largest absolute Gasteiger partial charge is 0.294 e. The van der Waals surface area contributed by atoms with Crippen molar-refractivity contribution in [1.29, 1.82) is 0 Å². The predicted octanol–water partition coefficient (Wildman–Crippen LogP) is 4.61. The summed E-state index contributed by atoms with van der Waals surface area (Å²) in [5.41, 5.74) is 2.08. The molecule has 0 spiro atoms. The lowest BCUT2D eigenvalue weighted by Crippen LogP contribution is -2.03. The molecule has 1 rings (SSSR count). The van der Waals surface area contributed by atoms with Crippen LogP contribution in [0.5, 0.6) is 0 Å². The van der Waals surface area contributed by atoms with Crippen molar-refractivity contribution < 1.29 is 4.79 Å². The Balaban J connectivity index is 2.63. The minimum absolute atomic E-state index is 0.286. The molecular weight excluding hydrogens is 311 g/mol. The van der Waals surface area contributed by atoms with Crippen LogP contribution in [0.1, 0.15) is 49.0 Å². The van der Waals surface area contributed by atoms with Crippen LogP contribution in [0.2, 0.25) is 0 Å². The van der Waals surface area contributed by atoms with Gasteiger partial charge in [-0.15, -0.1) is 0 Å². The van der Waals surface area contributed by atoms with Gasteiger partial charge in [0, 0.05) is 15.6 Å². The van der Waals surface area contributed by atoms with E-state index in [4.69, 9.17) is 0 Å². The van der Waals surface area contributed by atoms with Crippen molar-refractivity contribution in [2.24, 2.45) is 5.92 Å². The average molecular weight is 330 g/mol. The van der Waals surface area contributed by atoms with Crippen LogP contribution in [0.4, 0.5) is 0 Å². The third-order valence-corrected chi connectivity index (χ3v) is 4.11. The number of halogens is 1. The van der Waals surface area contributed by atoms with Gasteiger partial charge in [0.05, 0.1) is 0 Å². The van der Waals surface area contributed by atoms with Gasteiger partial charge in [-0.3, -0.25) is 4.79 Å². The van der Waals surface area contributed by atoms with E-state index in [2.05, 4.69) is 36.4 Å². The topological polar surface area (TPSA) is 17.1 Å². The standard InChI is InChI=1S/C14H19IO/c1-10(2)6-4-9-13(16)12-8-5-7-11(3)14(12)15/h5,7-8,10H,4,6,9H2,1-3H3. The van der Waals surface area contributed by atoms with E-state index in [1.807, 2.05) is 25.1 Å². The summed E-state index contributed by atoms with van der Waals surface area (Å²) < 4.78 is 1.11. The lowest BCUT2D eigenvalue weighted by Gasteiger charge is -2.07. The Kier molecular flexibility index (Phi) is 5.46. The van der Waals surface area contributed by atoms with Crippen molar-refractivity contribution in [2.45, 2.75) is 40.0 Å². The van der Waals surface area contributed by atoms with Crippen molar-refractivity contribution in [3.8, 4) is 0 Å². The van der Waals surface area contributed by atoms with Gasteiger partial charge in [0.25, 0.3) is 0 Å². The maximum Gasteiger partial charge on any atom is 0.163 e. The first-order valence-electron chi connectivity index (χ1n) is 5.80. The van der Waals surface area contributed by atoms with Gasteiger partial charge >= 0.3 is 0 Å². The second-order valence-electron chi connectivity index (χ2n) is 4.65. The number of hydrogen-bond donors (Lipinski definition) is 0. The molecule has 0 heterocycles. The zero-order valence-electron chi connectivity index (χ0n) is 10.2. The number of ketones is 1. The Bertz CT molecular complexity index is 369. The van der Waals surface area contributed by atoms with Gasteiger partial charge < -0.3 is 0 Å². The minimum atomic E-state index is 0.286. The van der Waals surface area contributed by atoms with Crippen LogP contribution >= 0.6 is 22.6 Å². The Morgan fingerprint density at radius 2 is 2.06 bits per heavy atom. The van der Waals surface area contributed by atoms with Crippen molar-refractivity contribution in [3.05, 3.63) is 32.9 Å². The maximum absolute atomic E-state index is 12.0. The average Bonchev–Trinajstić information content (AvgIpc) is 2.21. The highest BCUT2D eigenvalue weighted by atomic mass is 127. The summed E-state index contributed by atoms with van der Waals surface area (Å²) in [7, 11) is 0. The predicted molar refractivity (Wildman–Crippen MR) is 76.9 cm³/mol. The van der Waals surface area contributed by atoms with E-state index in [1.165, 1.54) is 5.56 Å². The monoisotopic (exact) mass is 330 g/mol. The van der Waals surface area contributed by atoms with Gasteiger partial charge in [0.2, 0.25) is 0 Å². The van der Waals surface area contributed by atoms with Crippen molar-refractivity contribution >= 4 is 28.4 Å². The molecule has 16 heavy (non-hydrogen) atoms. The number of carbonyl (C=O) groups excluding carboxylic acids is 1. The van der Waals surface area contributed by atoms with Crippen LogP contribution in [0.3, 0.4) is 0 Å². The molecule has 0 N–H and O–H groups in total. The zero-order valence-corrected chi connectivity index (χ0v) is 12.4. The van der Waals surface area contributed by atoms with Crippen LogP contribution in [0.25, 0.3) is 0 Å². The number of hydrogen-bond acceptors (Lipinski definition) is 1. The fourth-order valence-corrected chi connectivity index (χ4v) is 2.33. The molecule has 1 aromatic rings. The second-order valence-corrected chi connectivity index (χ2v) is 5.72. The van der Waals surface area contributed by atoms with E-state index in [0.717, 1.165) is 22.0 Å². The molecule has 0 radical (unpaired) electrons. The highest BCUT2D eigenvalue weighted by molar-refractivity contribution is 14.1. The lowest BCUT2D eigenvalue weighted by atomic mass is 10.0. The first-order valence-corrected chi connectivity index (χ1v) is 6.88. The molecule has 0 aliphatic heterocycles. The van der Waals surface area contributed by atoms with Crippen LogP contribution in [-0.2, 0) is 0 Å². The van der Waals surface area contributed by atoms with E-state index in [-0.39, 0.29) is 5.78 Å². The molecular formula is C14H19IO. The van der Waals surface area contributed by atoms with Crippen LogP contribution in [0.15, 0.2) is 18.2 Å². The van der Waals surface area contributed by atoms with Gasteiger partial charge in [-0.25, -0.2) is 0 Å². The number of aryl methyl sites for hydroxylation is 1. The maximum atomic E-state index is 12.0. The van der Waals surface area contributed by atoms with Crippen molar-refractivity contribution in [3.63, 3.8) is 0 Å². The van der Waals surface area contributed by atoms with E-state index in [0.29, 0.717) is 12.3 Å². The van der Waals surface area contributed by atoms with Gasteiger partial charge in [0.1, 0.15) is 0 Å². The molecule has 0 unspecified atom stereocenters. The quantitative estimate of drug-likeness (QED) is 0.569. The Morgan fingerprint density at radius 3 is 2.69 bits per heavy atom. The van der Waals surface area contributed by atoms with Gasteiger partial charge in [-0.2, -0.15) is 0 Å². The van der Waals surface area contributed by atoms with Gasteiger partial charge in [0.15, 0.2) is 5.78 Å². The molecule has 0 atom stereocenters. The van der Waals surface area contributed by atoms with Crippen molar-refractivity contribution in [1.82, 2.24) is 0 Å². The molecule has 0 aromatic heterocycles. The van der Waals surface area contributed by atoms with Gasteiger partial charge in [-0.1, -0.05) is 38.5 Å². The van der Waals surface area contributed by atoms with E-state index in [9.17, 15) is 4.79 Å². The number of benzene rings is 1. The van der Waals surface area contributed by atoms with E-state index >= 15 is 0 Å². The van der Waals surface area contributed by atoms with Gasteiger partial charge in [-0.05, 0) is 47.4 Å². The summed E-state index contributed by atoms with van der Waals surface area (Å²) in [4.78, 5) is 12.0. The SMILES string of the molecule is Cc1cccc(C(=O)CCCC(C)C)c1I. The molecule has 0 saturated heterocycles. The number of rotatable bonds is 5. The highest BCUT2D eigenvalue weighted by Gasteiger charge is 2.10. The molecule has 0 saturated carbocycles. The highest BCUT2D eigenvalue weighted by Crippen LogP contribution is 2.19. The smallest absolute Gasteiger partial charge is 0.163 e. The lowest BCUT2D eigenvalue weighted by molar-refractivity contribution is 0.0977. The Labute approximate surface area is 112 Å². The number of carbonyl (C=O) groups is 1. The molecule has 0 bridgehead atoms. The Hall–Kier alpha value is -0.380. The molecule has 0 amide bonds. The summed E-state index contributed by atoms with van der Waals surface area (Å²) >= 11 is 2.26. The van der Waals surface area contributed by atoms with Crippen LogP contribution in [0, 0.1) is 16.4 Å². The van der Waals surface area contributed by atoms with Crippen LogP contribution < -0.4 is 0 Å². The fraction of sp³-hybridized carbons (Fsp3) is 0.500. The summed E-state index contributed by atoms with van der Waals surface area (Å²) in [6.45, 7) is 6.44. The molecule has 1 aromatic carbocycles. The number of Topliss-reactive ketones (excluding diaryl/α,β-unsaturated/α-hetero) is 1. The normalized spacial score (nSPS) is 10.8. The molecule has 0 aliphatic rings. The minimum Gasteiger partial charge on any atom is -0.294 e. The van der Waals surface area contributed by atoms with Crippen LogP contribution in [-0.4, -0.2) is 5.78 Å². The molecule has 2 heteroatoms. The molecule has 0 aliphatic carbocycles. The second kappa shape index (κ2) is 6.38.